The molecule has 0 rings (SSSR count). The van der Waals surface area contributed by atoms with E-state index in [0.717, 1.165) is 57.8 Å². The summed E-state index contributed by atoms with van der Waals surface area (Å²) in [5, 5.41) is 0. The number of nitrogens with zero attached hydrogens (tertiary/aromatic N) is 1. The third kappa shape index (κ3) is 59.2. The lowest BCUT2D eigenvalue weighted by Crippen LogP contribution is -2.37. The summed E-state index contributed by atoms with van der Waals surface area (Å²) >= 11 is 0. The van der Waals surface area contributed by atoms with Crippen LogP contribution in [-0.2, 0) is 32.7 Å². The van der Waals surface area contributed by atoms with Crippen molar-refractivity contribution in [3.8, 4) is 0 Å². The lowest BCUT2D eigenvalue weighted by Gasteiger charge is -2.24. The quantitative estimate of drug-likeness (QED) is 0.0211. The minimum Gasteiger partial charge on any atom is -0.462 e. The molecule has 0 aromatic carbocycles. The number of likely N-dealkylation sites (N-methyl/N-ethyl adjacent to an activating group) is 1. The Morgan fingerprint density at radius 1 is 0.432 bits per heavy atom. The smallest absolute Gasteiger partial charge is 0.462 e. The van der Waals surface area contributed by atoms with E-state index < -0.39 is 26.5 Å². The van der Waals surface area contributed by atoms with Crippen LogP contribution in [0.1, 0.15) is 296 Å². The first-order valence-corrected chi connectivity index (χ1v) is 32.9. The summed E-state index contributed by atoms with van der Waals surface area (Å²) in [5.74, 6) is -0.781. The number of esters is 2. The summed E-state index contributed by atoms with van der Waals surface area (Å²) in [6.45, 7) is 4.37. The number of phosphoric ester groups is 1. The predicted molar refractivity (Wildman–Crippen MR) is 317 cm³/mol. The van der Waals surface area contributed by atoms with Gasteiger partial charge < -0.3 is 18.9 Å². The van der Waals surface area contributed by atoms with Crippen LogP contribution in [0.25, 0.3) is 0 Å². The topological polar surface area (TPSA) is 108 Å². The molecule has 0 bridgehead atoms. The lowest BCUT2D eigenvalue weighted by atomic mass is 10.0. The molecule has 0 radical (unpaired) electrons. The summed E-state index contributed by atoms with van der Waals surface area (Å²) in [4.78, 5) is 35.8. The van der Waals surface area contributed by atoms with Crippen LogP contribution in [0.3, 0.4) is 0 Å². The second-order valence-electron chi connectivity index (χ2n) is 22.4. The molecule has 74 heavy (non-hydrogen) atoms. The van der Waals surface area contributed by atoms with Gasteiger partial charge in [-0.3, -0.25) is 18.6 Å². The number of hydrogen-bond donors (Lipinski definition) is 1. The van der Waals surface area contributed by atoms with E-state index in [0.29, 0.717) is 23.9 Å². The molecule has 0 heterocycles. The van der Waals surface area contributed by atoms with Gasteiger partial charge in [0.2, 0.25) is 0 Å². The summed E-state index contributed by atoms with van der Waals surface area (Å²) in [7, 11) is 1.49. The Morgan fingerprint density at radius 2 is 0.770 bits per heavy atom. The molecule has 10 heteroatoms. The van der Waals surface area contributed by atoms with Crippen LogP contribution in [-0.4, -0.2) is 74.9 Å². The number of hydrogen-bond acceptors (Lipinski definition) is 7. The third-order valence-corrected chi connectivity index (χ3v) is 14.9. The van der Waals surface area contributed by atoms with E-state index in [-0.39, 0.29) is 25.6 Å². The van der Waals surface area contributed by atoms with Gasteiger partial charge in [-0.1, -0.05) is 281 Å². The van der Waals surface area contributed by atoms with Gasteiger partial charge >= 0.3 is 19.8 Å². The van der Waals surface area contributed by atoms with Crippen LogP contribution >= 0.6 is 7.82 Å². The van der Waals surface area contributed by atoms with Crippen LogP contribution in [0, 0.1) is 0 Å². The first-order valence-electron chi connectivity index (χ1n) is 31.4. The first kappa shape index (κ1) is 72.0. The Morgan fingerprint density at radius 3 is 1.15 bits per heavy atom. The number of carbonyl (C=O) groups excluding carboxylic acids is 2. The molecule has 0 aromatic heterocycles. The summed E-state index contributed by atoms with van der Waals surface area (Å²) < 4.78 is 34.7. The summed E-state index contributed by atoms with van der Waals surface area (Å²) in [5.41, 5.74) is 0. The van der Waals surface area contributed by atoms with E-state index >= 15 is 0 Å². The molecule has 0 aliphatic heterocycles. The summed E-state index contributed by atoms with van der Waals surface area (Å²) in [6.07, 6.45) is 70.5. The van der Waals surface area contributed by atoms with E-state index in [1.807, 2.05) is 21.1 Å². The predicted octanol–water partition coefficient (Wildman–Crippen LogP) is 19.7. The molecule has 0 saturated heterocycles. The van der Waals surface area contributed by atoms with Gasteiger partial charge in [0.25, 0.3) is 0 Å². The van der Waals surface area contributed by atoms with Gasteiger partial charge in [0, 0.05) is 12.8 Å². The molecule has 0 fully saturated rings. The number of phosphoric acid groups is 1. The third-order valence-electron chi connectivity index (χ3n) is 13.9. The van der Waals surface area contributed by atoms with E-state index in [1.165, 1.54) is 205 Å². The average Bonchev–Trinajstić information content (AvgIpc) is 3.36. The lowest BCUT2D eigenvalue weighted by molar-refractivity contribution is -0.870. The number of quaternary nitrogens is 1. The molecule has 9 nitrogen and oxygen atoms in total. The highest BCUT2D eigenvalue weighted by Crippen LogP contribution is 2.43. The van der Waals surface area contributed by atoms with Gasteiger partial charge in [-0.2, -0.15) is 0 Å². The van der Waals surface area contributed by atoms with Crippen molar-refractivity contribution in [1.29, 1.82) is 0 Å². The van der Waals surface area contributed by atoms with Gasteiger partial charge in [-0.25, -0.2) is 4.57 Å². The molecule has 2 atom stereocenters. The van der Waals surface area contributed by atoms with Crippen LogP contribution in [0.4, 0.5) is 0 Å². The van der Waals surface area contributed by atoms with E-state index in [4.69, 9.17) is 18.5 Å². The van der Waals surface area contributed by atoms with Crippen molar-refractivity contribution in [3.63, 3.8) is 0 Å². The van der Waals surface area contributed by atoms with Crippen molar-refractivity contribution in [2.24, 2.45) is 0 Å². The highest BCUT2D eigenvalue weighted by atomic mass is 31.2. The van der Waals surface area contributed by atoms with Gasteiger partial charge in [-0.05, 0) is 51.4 Å². The van der Waals surface area contributed by atoms with E-state index in [1.54, 1.807) is 0 Å². The van der Waals surface area contributed by atoms with Gasteiger partial charge in [-0.15, -0.1) is 0 Å². The number of rotatable bonds is 58. The zero-order valence-electron chi connectivity index (χ0n) is 49.3. The maximum Gasteiger partial charge on any atom is 0.472 e. The van der Waals surface area contributed by atoms with Gasteiger partial charge in [0.1, 0.15) is 19.8 Å². The van der Waals surface area contributed by atoms with Gasteiger partial charge in [0.05, 0.1) is 27.7 Å². The zero-order valence-corrected chi connectivity index (χ0v) is 50.2. The Kier molecular flexibility index (Phi) is 54.2. The normalized spacial score (nSPS) is 13.5. The van der Waals surface area contributed by atoms with Crippen LogP contribution < -0.4 is 0 Å². The molecule has 0 aliphatic rings. The maximum atomic E-state index is 12.8. The molecule has 0 aliphatic carbocycles. The van der Waals surface area contributed by atoms with E-state index in [2.05, 4.69) is 62.5 Å². The number of allylic oxidation sites excluding steroid dienone is 8. The molecule has 0 saturated carbocycles. The minimum absolute atomic E-state index is 0.0336. The molecular weight excluding hydrogens is 942 g/mol. The number of carbonyl (C=O) groups is 2. The van der Waals surface area contributed by atoms with Crippen molar-refractivity contribution < 1.29 is 42.1 Å². The monoisotopic (exact) mass is 1060 g/mol. The van der Waals surface area contributed by atoms with E-state index in [9.17, 15) is 19.0 Å². The second kappa shape index (κ2) is 55.7. The first-order chi connectivity index (χ1) is 36.0. The Balaban J connectivity index is 4.07. The zero-order chi connectivity index (χ0) is 54.2. The highest BCUT2D eigenvalue weighted by molar-refractivity contribution is 7.47. The molecular formula is C64H121NO8P+. The van der Waals surface area contributed by atoms with Crippen molar-refractivity contribution in [1.82, 2.24) is 0 Å². The van der Waals surface area contributed by atoms with Crippen molar-refractivity contribution in [2.75, 3.05) is 47.5 Å². The Bertz CT molecular complexity index is 1390. The van der Waals surface area contributed by atoms with Gasteiger partial charge in [0.15, 0.2) is 6.10 Å². The van der Waals surface area contributed by atoms with Crippen LogP contribution in [0.2, 0.25) is 0 Å². The molecule has 0 amide bonds. The molecule has 0 spiro atoms. The number of ether oxygens (including phenoxy) is 2. The molecule has 1 N–H and O–H groups in total. The fourth-order valence-corrected chi connectivity index (χ4v) is 9.81. The fourth-order valence-electron chi connectivity index (χ4n) is 9.07. The molecule has 434 valence electrons. The Labute approximate surface area is 458 Å². The standard InChI is InChI=1S/C64H120NO8P/c1-6-8-10-12-14-16-18-20-22-24-26-28-29-30-31-32-33-34-35-37-39-41-43-45-47-49-51-53-55-57-64(67)73-62(61-72-74(68,69)71-59-58-65(3,4)5)60-70-63(66)56-54-52-50-48-46-44-42-40-38-36-27-25-23-21-19-17-15-13-11-9-7-2/h8,10,14,16,20,22,26,28,62H,6-7,9,11-13,15,17-19,21,23-25,27,29-61H2,1-5H3/p+1/b10-8-,16-14-,22-20-,28-26-. The second-order valence-corrected chi connectivity index (χ2v) is 23.9. The maximum absolute atomic E-state index is 12.8. The fraction of sp³-hybridized carbons (Fsp3) is 0.844. The van der Waals surface area contributed by atoms with Crippen LogP contribution in [0.15, 0.2) is 48.6 Å². The molecule has 0 aromatic rings. The number of unbranched alkanes of at least 4 members (excludes halogenated alkanes) is 36. The SMILES string of the molecule is CC/C=C\C/C=C\C/C=C\C/C=C\CCCCCCCCCCCCCCCCCCC(=O)OC(COC(=O)CCCCCCCCCCCCCCCCCCCCCCC)COP(=O)(O)OCC[N+](C)(C)C. The minimum atomic E-state index is -4.39. The van der Waals surface area contributed by atoms with Crippen molar-refractivity contribution >= 4 is 19.8 Å². The summed E-state index contributed by atoms with van der Waals surface area (Å²) in [6, 6.07) is 0. The molecule has 2 unspecified atom stereocenters. The van der Waals surface area contributed by atoms with Crippen molar-refractivity contribution in [3.05, 3.63) is 48.6 Å². The van der Waals surface area contributed by atoms with Crippen molar-refractivity contribution in [2.45, 2.75) is 302 Å². The Hall–Kier alpha value is -2.03. The van der Waals surface area contributed by atoms with Crippen LogP contribution in [0.5, 0.6) is 0 Å². The highest BCUT2D eigenvalue weighted by Gasteiger charge is 2.27. The average molecular weight is 1060 g/mol. The largest absolute Gasteiger partial charge is 0.472 e.